The van der Waals surface area contributed by atoms with Crippen LogP contribution in [0.1, 0.15) is 6.23 Å². The molecule has 126 valence electrons. The van der Waals surface area contributed by atoms with Gasteiger partial charge in [0.25, 0.3) is 0 Å². The predicted molar refractivity (Wildman–Crippen MR) is 81.6 cm³/mol. The van der Waals surface area contributed by atoms with Crippen LogP contribution < -0.4 is 0 Å². The molecule has 4 heterocycles. The first kappa shape index (κ1) is 15.5. The van der Waals surface area contributed by atoms with Crippen molar-refractivity contribution in [3.05, 3.63) is 29.9 Å². The lowest BCUT2D eigenvalue weighted by Crippen LogP contribution is -2.33. The lowest BCUT2D eigenvalue weighted by molar-refractivity contribution is -0.0510. The smallest absolute Gasteiger partial charge is 0.164 e. The van der Waals surface area contributed by atoms with E-state index in [2.05, 4.69) is 15.0 Å². The Morgan fingerprint density at radius 1 is 1.25 bits per heavy atom. The highest BCUT2D eigenvalue weighted by Crippen LogP contribution is 2.35. The predicted octanol–water partition coefficient (Wildman–Crippen LogP) is 0.305. The molecule has 10 heteroatoms. The number of thiazole rings is 1. The van der Waals surface area contributed by atoms with Gasteiger partial charge in [-0.05, 0) is 0 Å². The Bertz CT molecular complexity index is 871. The van der Waals surface area contributed by atoms with Crippen LogP contribution in [0.2, 0.25) is 0 Å². The number of aromatic nitrogens is 4. The molecule has 8 nitrogen and oxygen atoms in total. The lowest BCUT2D eigenvalue weighted by Gasteiger charge is -2.17. The quantitative estimate of drug-likeness (QED) is 0.621. The molecule has 3 aromatic rings. The van der Waals surface area contributed by atoms with Gasteiger partial charge in [-0.2, -0.15) is 0 Å². The fraction of sp³-hybridized carbons (Fsp3) is 0.357. The minimum absolute atomic E-state index is 0.158. The maximum atomic E-state index is 14.5. The molecule has 0 bridgehead atoms. The first-order valence-electron chi connectivity index (χ1n) is 7.15. The van der Waals surface area contributed by atoms with Crippen LogP contribution in [0, 0.1) is 5.82 Å². The molecule has 1 saturated heterocycles. The summed E-state index contributed by atoms with van der Waals surface area (Å²) in [6.45, 7) is -0.463. The molecule has 0 aliphatic carbocycles. The number of aliphatic hydroxyl groups is 3. The number of hydrogen-bond donors (Lipinski definition) is 3. The van der Waals surface area contributed by atoms with E-state index in [1.54, 1.807) is 11.6 Å². The molecule has 24 heavy (non-hydrogen) atoms. The van der Waals surface area contributed by atoms with E-state index >= 15 is 0 Å². The van der Waals surface area contributed by atoms with Crippen LogP contribution in [0.4, 0.5) is 4.39 Å². The molecule has 1 aliphatic heterocycles. The van der Waals surface area contributed by atoms with E-state index in [1.165, 1.54) is 22.2 Å². The van der Waals surface area contributed by atoms with Gasteiger partial charge in [-0.3, -0.25) is 0 Å². The van der Waals surface area contributed by atoms with Gasteiger partial charge in [0.2, 0.25) is 0 Å². The molecular weight excluding hydrogens is 339 g/mol. The van der Waals surface area contributed by atoms with Crippen molar-refractivity contribution in [2.24, 2.45) is 0 Å². The van der Waals surface area contributed by atoms with Crippen LogP contribution in [-0.4, -0.2) is 59.8 Å². The molecule has 0 saturated carbocycles. The van der Waals surface area contributed by atoms with Crippen molar-refractivity contribution in [3.63, 3.8) is 0 Å². The Morgan fingerprint density at radius 3 is 2.75 bits per heavy atom. The second kappa shape index (κ2) is 5.83. The standard InChI is InChI=1S/C14H13FN4O4S/c15-6-3-19(14-11(22)10(21)7(4-20)23-14)12-8(6)9(17-5-18-12)13-16-1-2-24-13/h1-3,5,7,10-11,14,20-22H,4H2/t7-,10-,11-,14-/m1/s1. The Hall–Kier alpha value is -1.98. The first-order valence-corrected chi connectivity index (χ1v) is 8.03. The summed E-state index contributed by atoms with van der Waals surface area (Å²) in [4.78, 5) is 12.3. The molecule has 1 fully saturated rings. The third-order valence-corrected chi connectivity index (χ3v) is 4.77. The summed E-state index contributed by atoms with van der Waals surface area (Å²) in [6.07, 6.45) is -0.618. The molecule has 0 amide bonds. The van der Waals surface area contributed by atoms with Crippen LogP contribution in [-0.2, 0) is 4.74 Å². The molecule has 4 atom stereocenters. The minimum Gasteiger partial charge on any atom is -0.394 e. The van der Waals surface area contributed by atoms with E-state index in [0.717, 1.165) is 6.20 Å². The topological polar surface area (TPSA) is 114 Å². The zero-order valence-electron chi connectivity index (χ0n) is 12.2. The van der Waals surface area contributed by atoms with Crippen LogP contribution in [0.3, 0.4) is 0 Å². The van der Waals surface area contributed by atoms with Crippen molar-refractivity contribution < 1.29 is 24.4 Å². The summed E-state index contributed by atoms with van der Waals surface area (Å²) in [5, 5.41) is 31.7. The van der Waals surface area contributed by atoms with E-state index in [1.807, 2.05) is 0 Å². The van der Waals surface area contributed by atoms with Gasteiger partial charge in [-0.15, -0.1) is 11.3 Å². The Kier molecular flexibility index (Phi) is 3.77. The number of halogens is 1. The molecule has 4 rings (SSSR count). The molecular formula is C14H13FN4O4S. The highest BCUT2D eigenvalue weighted by Gasteiger charge is 2.44. The monoisotopic (exact) mass is 352 g/mol. The van der Waals surface area contributed by atoms with Gasteiger partial charge in [-0.1, -0.05) is 0 Å². The zero-order chi connectivity index (χ0) is 16.8. The third kappa shape index (κ3) is 2.23. The number of aliphatic hydroxyl groups excluding tert-OH is 3. The zero-order valence-corrected chi connectivity index (χ0v) is 13.0. The summed E-state index contributed by atoms with van der Waals surface area (Å²) >= 11 is 1.32. The van der Waals surface area contributed by atoms with Gasteiger partial charge in [0.15, 0.2) is 12.0 Å². The number of fused-ring (bicyclic) bond motifs is 1. The van der Waals surface area contributed by atoms with Crippen LogP contribution in [0.15, 0.2) is 24.1 Å². The Morgan fingerprint density at radius 2 is 2.08 bits per heavy atom. The van der Waals surface area contributed by atoms with Gasteiger partial charge in [0.05, 0.1) is 12.0 Å². The van der Waals surface area contributed by atoms with Crippen LogP contribution in [0.5, 0.6) is 0 Å². The van der Waals surface area contributed by atoms with Gasteiger partial charge in [0.1, 0.15) is 41.0 Å². The van der Waals surface area contributed by atoms with Crippen molar-refractivity contribution in [3.8, 4) is 10.7 Å². The lowest BCUT2D eigenvalue weighted by atomic mass is 10.1. The maximum absolute atomic E-state index is 14.5. The van der Waals surface area contributed by atoms with E-state index in [9.17, 15) is 19.7 Å². The first-order chi connectivity index (χ1) is 11.6. The third-order valence-electron chi connectivity index (χ3n) is 3.99. The van der Waals surface area contributed by atoms with E-state index in [-0.39, 0.29) is 11.0 Å². The Balaban J connectivity index is 1.86. The number of nitrogens with zero attached hydrogens (tertiary/aromatic N) is 4. The highest BCUT2D eigenvalue weighted by atomic mass is 32.1. The second-order valence-corrected chi connectivity index (χ2v) is 6.27. The van der Waals surface area contributed by atoms with E-state index in [4.69, 9.17) is 4.74 Å². The fourth-order valence-corrected chi connectivity index (χ4v) is 3.48. The fourth-order valence-electron chi connectivity index (χ4n) is 2.85. The number of ether oxygens (including phenoxy) is 1. The summed E-state index contributed by atoms with van der Waals surface area (Å²) in [5.41, 5.74) is 0.556. The van der Waals surface area contributed by atoms with Gasteiger partial charge >= 0.3 is 0 Å². The molecule has 0 radical (unpaired) electrons. The van der Waals surface area contributed by atoms with Gasteiger partial charge < -0.3 is 24.6 Å². The summed E-state index contributed by atoms with van der Waals surface area (Å²) in [7, 11) is 0. The molecule has 0 aromatic carbocycles. The largest absolute Gasteiger partial charge is 0.394 e. The number of hydrogen-bond acceptors (Lipinski definition) is 8. The highest BCUT2D eigenvalue weighted by molar-refractivity contribution is 7.13. The summed E-state index contributed by atoms with van der Waals surface area (Å²) in [6, 6.07) is 0. The average Bonchev–Trinajstić information content (AvgIpc) is 3.29. The SMILES string of the molecule is OC[C@H]1O[C@@H](n2cc(F)c3c(-c4nccs4)ncnc32)[C@H](O)[C@@H]1O. The van der Waals surface area contributed by atoms with Crippen LogP contribution in [0.25, 0.3) is 21.7 Å². The van der Waals surface area contributed by atoms with Crippen molar-refractivity contribution in [2.75, 3.05) is 6.61 Å². The summed E-state index contributed by atoms with van der Waals surface area (Å²) in [5.74, 6) is -0.589. The average molecular weight is 352 g/mol. The molecule has 0 spiro atoms. The van der Waals surface area contributed by atoms with E-state index in [0.29, 0.717) is 10.7 Å². The Labute approximate surface area is 138 Å². The molecule has 3 N–H and O–H groups in total. The summed E-state index contributed by atoms with van der Waals surface area (Å²) < 4.78 is 21.3. The van der Waals surface area contributed by atoms with Gasteiger partial charge in [-0.25, -0.2) is 19.3 Å². The number of rotatable bonds is 3. The maximum Gasteiger partial charge on any atom is 0.164 e. The second-order valence-electron chi connectivity index (χ2n) is 5.37. The molecule has 0 unspecified atom stereocenters. The van der Waals surface area contributed by atoms with Crippen molar-refractivity contribution in [1.82, 2.24) is 19.5 Å². The minimum atomic E-state index is -1.32. The molecule has 1 aliphatic rings. The molecule has 3 aromatic heterocycles. The van der Waals surface area contributed by atoms with E-state index < -0.39 is 37.0 Å². The van der Waals surface area contributed by atoms with Crippen molar-refractivity contribution in [2.45, 2.75) is 24.5 Å². The van der Waals surface area contributed by atoms with Crippen molar-refractivity contribution in [1.29, 1.82) is 0 Å². The van der Waals surface area contributed by atoms with Crippen molar-refractivity contribution >= 4 is 22.4 Å². The normalized spacial score (nSPS) is 27.2. The van der Waals surface area contributed by atoms with Gasteiger partial charge in [0, 0.05) is 17.8 Å². The van der Waals surface area contributed by atoms with Crippen LogP contribution >= 0.6 is 11.3 Å².